The van der Waals surface area contributed by atoms with E-state index in [-0.39, 0.29) is 0 Å². The molecule has 2 aliphatic heterocycles. The Labute approximate surface area is 231 Å². The van der Waals surface area contributed by atoms with Gasteiger partial charge in [0, 0.05) is 11.1 Å². The highest BCUT2D eigenvalue weighted by Crippen LogP contribution is 2.52. The Morgan fingerprint density at radius 3 is 1.13 bits per heavy atom. The molecule has 2 bridgehead atoms. The summed E-state index contributed by atoms with van der Waals surface area (Å²) in [5.41, 5.74) is 4.26. The van der Waals surface area contributed by atoms with Gasteiger partial charge in [0.2, 0.25) is 0 Å². The summed E-state index contributed by atoms with van der Waals surface area (Å²) in [7, 11) is 0. The van der Waals surface area contributed by atoms with E-state index in [0.29, 0.717) is 26.4 Å². The van der Waals surface area contributed by atoms with Crippen LogP contribution in [0.1, 0.15) is 25.7 Å². The normalized spacial score (nSPS) is 17.4. The Morgan fingerprint density at radius 1 is 0.447 bits per heavy atom. The first-order chi connectivity index (χ1) is 18.9. The van der Waals surface area contributed by atoms with E-state index >= 15 is 0 Å². The standard InChI is InChI=1S/C32H30O4S2/c1-2-6-18-34-26-12-10-14-28-30(26)24-16-22-38-32(24)31-23(15-21-37-31)29-25(33-17-5-1)11-9-13-27(29)35-19-7-3-4-8-20-36-28/h1-4,9-16,21-22H,5-8,17-20H2/b2-1-,4-3-. The molecule has 2 aromatic heterocycles. The molecular weight excluding hydrogens is 512 g/mol. The van der Waals surface area contributed by atoms with Crippen LogP contribution < -0.4 is 18.9 Å². The molecular formula is C32H30O4S2. The Hall–Kier alpha value is -3.48. The molecule has 2 aliphatic rings. The van der Waals surface area contributed by atoms with Crippen LogP contribution in [0, 0.1) is 0 Å². The second-order valence-electron chi connectivity index (χ2n) is 9.08. The molecule has 4 nitrogen and oxygen atoms in total. The van der Waals surface area contributed by atoms with E-state index in [4.69, 9.17) is 18.9 Å². The quantitative estimate of drug-likeness (QED) is 0.208. The van der Waals surface area contributed by atoms with Gasteiger partial charge in [-0.05, 0) is 72.8 Å². The maximum Gasteiger partial charge on any atom is 0.130 e. The first-order valence-electron chi connectivity index (χ1n) is 13.1. The summed E-state index contributed by atoms with van der Waals surface area (Å²) in [4.78, 5) is 2.38. The van der Waals surface area contributed by atoms with E-state index in [1.165, 1.54) is 9.75 Å². The van der Waals surface area contributed by atoms with E-state index in [2.05, 4.69) is 71.5 Å². The lowest BCUT2D eigenvalue weighted by molar-refractivity contribution is 0.307. The van der Waals surface area contributed by atoms with Crippen LogP contribution in [0.3, 0.4) is 0 Å². The molecule has 38 heavy (non-hydrogen) atoms. The van der Waals surface area contributed by atoms with Crippen LogP contribution >= 0.6 is 22.7 Å². The van der Waals surface area contributed by atoms with Crippen LogP contribution in [0.25, 0.3) is 32.0 Å². The highest BCUT2D eigenvalue weighted by molar-refractivity contribution is 7.21. The van der Waals surface area contributed by atoms with Crippen LogP contribution in [-0.4, -0.2) is 26.4 Å². The molecule has 0 fully saturated rings. The van der Waals surface area contributed by atoms with Gasteiger partial charge >= 0.3 is 0 Å². The van der Waals surface area contributed by atoms with E-state index in [1.807, 2.05) is 12.1 Å². The van der Waals surface area contributed by atoms with Gasteiger partial charge in [-0.25, -0.2) is 0 Å². The zero-order valence-corrected chi connectivity index (χ0v) is 22.8. The zero-order valence-electron chi connectivity index (χ0n) is 21.2. The Kier molecular flexibility index (Phi) is 7.79. The van der Waals surface area contributed by atoms with Crippen molar-refractivity contribution in [3.63, 3.8) is 0 Å². The number of rotatable bonds is 0. The van der Waals surface area contributed by atoms with Crippen molar-refractivity contribution >= 4 is 22.7 Å². The van der Waals surface area contributed by atoms with E-state index < -0.39 is 0 Å². The van der Waals surface area contributed by atoms with Gasteiger partial charge in [-0.2, -0.15) is 0 Å². The van der Waals surface area contributed by atoms with Crippen LogP contribution in [0.2, 0.25) is 0 Å². The third-order valence-corrected chi connectivity index (χ3v) is 8.55. The monoisotopic (exact) mass is 542 g/mol. The van der Waals surface area contributed by atoms with Crippen molar-refractivity contribution in [3.05, 3.63) is 83.6 Å². The molecule has 0 saturated carbocycles. The summed E-state index contributed by atoms with van der Waals surface area (Å²) in [5, 5.41) is 4.31. The Balaban J connectivity index is 1.59. The lowest BCUT2D eigenvalue weighted by Crippen LogP contribution is -2.04. The van der Waals surface area contributed by atoms with Crippen LogP contribution in [0.15, 0.2) is 83.6 Å². The third kappa shape index (κ3) is 5.24. The van der Waals surface area contributed by atoms with Crippen molar-refractivity contribution in [1.82, 2.24) is 0 Å². The minimum atomic E-state index is 0.601. The van der Waals surface area contributed by atoms with Crippen molar-refractivity contribution < 1.29 is 18.9 Å². The van der Waals surface area contributed by atoms with Gasteiger partial charge < -0.3 is 18.9 Å². The van der Waals surface area contributed by atoms with Gasteiger partial charge in [-0.15, -0.1) is 22.7 Å². The molecule has 0 spiro atoms. The third-order valence-electron chi connectivity index (χ3n) is 6.55. The number of hydrogen-bond acceptors (Lipinski definition) is 6. The minimum absolute atomic E-state index is 0.601. The minimum Gasteiger partial charge on any atom is -0.492 e. The highest BCUT2D eigenvalue weighted by Gasteiger charge is 2.24. The van der Waals surface area contributed by atoms with Gasteiger partial charge in [0.1, 0.15) is 23.0 Å². The molecule has 0 unspecified atom stereocenters. The number of hydrogen-bond donors (Lipinski definition) is 0. The first-order valence-corrected chi connectivity index (χ1v) is 14.9. The van der Waals surface area contributed by atoms with Gasteiger partial charge in [0.05, 0.1) is 47.3 Å². The van der Waals surface area contributed by atoms with E-state index in [1.54, 1.807) is 22.7 Å². The summed E-state index contributed by atoms with van der Waals surface area (Å²) >= 11 is 3.48. The average Bonchev–Trinajstić information content (AvgIpc) is 3.60. The van der Waals surface area contributed by atoms with Gasteiger partial charge in [-0.1, -0.05) is 36.4 Å². The topological polar surface area (TPSA) is 36.9 Å². The van der Waals surface area contributed by atoms with E-state index in [0.717, 1.165) is 70.9 Å². The first kappa shape index (κ1) is 24.8. The van der Waals surface area contributed by atoms with Crippen LogP contribution in [-0.2, 0) is 0 Å². The lowest BCUT2D eigenvalue weighted by Gasteiger charge is -2.19. The maximum atomic E-state index is 6.37. The summed E-state index contributed by atoms with van der Waals surface area (Å²) in [6, 6.07) is 16.6. The highest BCUT2D eigenvalue weighted by atomic mass is 32.1. The molecule has 0 radical (unpaired) electrons. The van der Waals surface area contributed by atoms with Crippen molar-refractivity contribution in [2.45, 2.75) is 25.7 Å². The fraction of sp³-hybridized carbons (Fsp3) is 0.250. The SMILES string of the molecule is C1=C\CCOc2cccc3c2-c2ccsc2-c2sccc2-c2c(cccc2OCC/C=C\CCO3)OCC/1. The summed E-state index contributed by atoms with van der Waals surface area (Å²) in [6.45, 7) is 2.40. The van der Waals surface area contributed by atoms with Crippen molar-refractivity contribution in [2.24, 2.45) is 0 Å². The molecule has 6 heteroatoms. The smallest absolute Gasteiger partial charge is 0.130 e. The maximum absolute atomic E-state index is 6.37. The lowest BCUT2D eigenvalue weighted by atomic mass is 9.99. The predicted octanol–water partition coefficient (Wildman–Crippen LogP) is 9.03. The molecule has 4 heterocycles. The largest absolute Gasteiger partial charge is 0.492 e. The summed E-state index contributed by atoms with van der Waals surface area (Å²) < 4.78 is 25.5. The fourth-order valence-corrected chi connectivity index (χ4v) is 6.81. The van der Waals surface area contributed by atoms with Crippen LogP contribution in [0.5, 0.6) is 23.0 Å². The second kappa shape index (κ2) is 11.9. The fourth-order valence-electron chi connectivity index (χ4n) is 4.82. The summed E-state index contributed by atoms with van der Waals surface area (Å²) in [6.07, 6.45) is 12.0. The van der Waals surface area contributed by atoms with E-state index in [9.17, 15) is 0 Å². The molecule has 0 saturated heterocycles. The van der Waals surface area contributed by atoms with Crippen molar-refractivity contribution in [2.75, 3.05) is 26.4 Å². The van der Waals surface area contributed by atoms with Crippen molar-refractivity contribution in [1.29, 1.82) is 0 Å². The number of ether oxygens (including phenoxy) is 4. The molecule has 0 amide bonds. The molecule has 6 rings (SSSR count). The number of benzene rings is 2. The summed E-state index contributed by atoms with van der Waals surface area (Å²) in [5.74, 6) is 3.41. The van der Waals surface area contributed by atoms with Crippen LogP contribution in [0.4, 0.5) is 0 Å². The predicted molar refractivity (Wildman–Crippen MR) is 157 cm³/mol. The second-order valence-corrected chi connectivity index (χ2v) is 10.9. The van der Waals surface area contributed by atoms with Crippen molar-refractivity contribution in [3.8, 4) is 55.0 Å². The molecule has 0 atom stereocenters. The van der Waals surface area contributed by atoms with Gasteiger partial charge in [-0.3, -0.25) is 0 Å². The molecule has 0 N–H and O–H groups in total. The molecule has 2 aromatic carbocycles. The molecule has 194 valence electrons. The number of thiophene rings is 2. The zero-order chi connectivity index (χ0) is 25.6. The van der Waals surface area contributed by atoms with Gasteiger partial charge in [0.15, 0.2) is 0 Å². The molecule has 0 aliphatic carbocycles. The molecule has 4 aromatic rings. The Bertz CT molecular complexity index is 1280. The average molecular weight is 543 g/mol. The Morgan fingerprint density at radius 2 is 0.789 bits per heavy atom. The van der Waals surface area contributed by atoms with Gasteiger partial charge in [0.25, 0.3) is 0 Å².